The number of carbonyl (C=O) groups excluding carboxylic acids is 1. The van der Waals surface area contributed by atoms with Crippen molar-refractivity contribution in [1.82, 2.24) is 10.2 Å². The second kappa shape index (κ2) is 8.21. The highest BCUT2D eigenvalue weighted by Crippen LogP contribution is 2.26. The van der Waals surface area contributed by atoms with E-state index in [1.165, 1.54) is 0 Å². The monoisotopic (exact) mass is 316 g/mol. The van der Waals surface area contributed by atoms with Crippen LogP contribution >= 0.6 is 0 Å². The Labute approximate surface area is 130 Å². The molecule has 0 aromatic rings. The van der Waals surface area contributed by atoms with Crippen molar-refractivity contribution in [2.45, 2.75) is 56.5 Å². The molecule has 1 amide bonds. The van der Waals surface area contributed by atoms with E-state index in [0.717, 1.165) is 32.1 Å². The first-order chi connectivity index (χ1) is 10.5. The number of aliphatic hydroxyl groups is 4. The van der Waals surface area contributed by atoms with Crippen molar-refractivity contribution in [1.29, 1.82) is 0 Å². The molecule has 2 aliphatic rings. The molecule has 2 rings (SSSR count). The molecule has 1 aliphatic heterocycles. The zero-order valence-electron chi connectivity index (χ0n) is 12.9. The van der Waals surface area contributed by atoms with Gasteiger partial charge >= 0.3 is 0 Å². The molecule has 1 saturated heterocycles. The summed E-state index contributed by atoms with van der Waals surface area (Å²) in [6, 6.07) is -0.553. The van der Waals surface area contributed by atoms with Crippen LogP contribution in [-0.2, 0) is 4.79 Å². The number of nitrogens with one attached hydrogen (secondary N) is 1. The quantitative estimate of drug-likeness (QED) is 0.363. The van der Waals surface area contributed by atoms with Crippen molar-refractivity contribution in [2.24, 2.45) is 5.92 Å². The van der Waals surface area contributed by atoms with Crippen LogP contribution in [0.1, 0.15) is 32.1 Å². The Morgan fingerprint density at radius 3 is 2.45 bits per heavy atom. The van der Waals surface area contributed by atoms with Crippen LogP contribution in [0.3, 0.4) is 0 Å². The third-order valence-corrected chi connectivity index (χ3v) is 4.86. The topological polar surface area (TPSA) is 113 Å². The van der Waals surface area contributed by atoms with Gasteiger partial charge in [-0.2, -0.15) is 0 Å². The maximum atomic E-state index is 11.7. The first-order valence-electron chi connectivity index (χ1n) is 8.21. The van der Waals surface area contributed by atoms with Gasteiger partial charge in [0.15, 0.2) is 0 Å². The number of likely N-dealkylation sites (tertiary alicyclic amines) is 1. The summed E-state index contributed by atoms with van der Waals surface area (Å²) in [5, 5.41) is 41.5. The van der Waals surface area contributed by atoms with Crippen LogP contribution in [-0.4, -0.2) is 81.8 Å². The number of hydrogen-bond donors (Lipinski definition) is 5. The average Bonchev–Trinajstić information content (AvgIpc) is 2.43. The van der Waals surface area contributed by atoms with E-state index in [1.807, 2.05) is 0 Å². The molecule has 22 heavy (non-hydrogen) atoms. The highest BCUT2D eigenvalue weighted by Gasteiger charge is 2.40. The van der Waals surface area contributed by atoms with E-state index in [9.17, 15) is 25.2 Å². The molecule has 0 aromatic heterocycles. The van der Waals surface area contributed by atoms with Crippen molar-refractivity contribution in [2.75, 3.05) is 26.2 Å². The van der Waals surface area contributed by atoms with Crippen molar-refractivity contribution >= 4 is 5.91 Å². The van der Waals surface area contributed by atoms with Gasteiger partial charge in [0.05, 0.1) is 18.8 Å². The Hall–Kier alpha value is -0.730. The predicted octanol–water partition coefficient (Wildman–Crippen LogP) is -1.56. The summed E-state index contributed by atoms with van der Waals surface area (Å²) in [6.07, 6.45) is 1.37. The van der Waals surface area contributed by atoms with E-state index >= 15 is 0 Å². The minimum Gasteiger partial charge on any atom is -0.395 e. The van der Waals surface area contributed by atoms with Crippen molar-refractivity contribution in [3.8, 4) is 0 Å². The summed E-state index contributed by atoms with van der Waals surface area (Å²) in [4.78, 5) is 13.5. The lowest BCUT2D eigenvalue weighted by Crippen LogP contribution is -2.62. The Bertz CT molecular complexity index is 364. The molecule has 0 aromatic carbocycles. The number of unbranched alkanes of at least 4 members (excludes halogenated alkanes) is 1. The summed E-state index contributed by atoms with van der Waals surface area (Å²) in [6.45, 7) is 1.20. The van der Waals surface area contributed by atoms with Gasteiger partial charge in [0.25, 0.3) is 0 Å². The van der Waals surface area contributed by atoms with E-state index in [-0.39, 0.29) is 25.0 Å². The van der Waals surface area contributed by atoms with Gasteiger partial charge in [-0.05, 0) is 32.2 Å². The lowest BCUT2D eigenvalue weighted by atomic mass is 9.85. The van der Waals surface area contributed by atoms with Crippen LogP contribution in [0, 0.1) is 5.92 Å². The fraction of sp³-hybridized carbons (Fsp3) is 0.933. The number of aliphatic hydroxyl groups excluding tert-OH is 4. The number of nitrogens with zero attached hydrogens (tertiary/aromatic N) is 1. The van der Waals surface area contributed by atoms with Gasteiger partial charge in [0.2, 0.25) is 5.91 Å². The number of piperidine rings is 1. The molecule has 4 atom stereocenters. The first-order valence-corrected chi connectivity index (χ1v) is 8.21. The minimum atomic E-state index is -1.21. The van der Waals surface area contributed by atoms with Gasteiger partial charge in [0, 0.05) is 19.0 Å². The second-order valence-electron chi connectivity index (χ2n) is 6.42. The largest absolute Gasteiger partial charge is 0.395 e. The van der Waals surface area contributed by atoms with Gasteiger partial charge in [-0.3, -0.25) is 9.69 Å². The Morgan fingerprint density at radius 2 is 1.86 bits per heavy atom. The molecule has 1 aliphatic carbocycles. The summed E-state index contributed by atoms with van der Waals surface area (Å²) in [5.41, 5.74) is 0. The molecule has 0 radical (unpaired) electrons. The lowest BCUT2D eigenvalue weighted by Gasteiger charge is -2.43. The number of carbonyl (C=O) groups is 1. The fourth-order valence-electron chi connectivity index (χ4n) is 3.10. The third-order valence-electron chi connectivity index (χ3n) is 4.86. The highest BCUT2D eigenvalue weighted by molar-refractivity contribution is 5.79. The molecular formula is C15H28N2O5. The molecule has 0 unspecified atom stereocenters. The predicted molar refractivity (Wildman–Crippen MR) is 80.1 cm³/mol. The normalized spacial score (nSPS) is 33.5. The maximum Gasteiger partial charge on any atom is 0.223 e. The smallest absolute Gasteiger partial charge is 0.223 e. The van der Waals surface area contributed by atoms with Crippen LogP contribution in [0.25, 0.3) is 0 Å². The number of hydrogen-bond acceptors (Lipinski definition) is 6. The number of rotatable bonds is 7. The Balaban J connectivity index is 1.65. The summed E-state index contributed by atoms with van der Waals surface area (Å²) >= 11 is 0. The first kappa shape index (κ1) is 17.6. The molecular weight excluding hydrogens is 288 g/mol. The number of amides is 1. The van der Waals surface area contributed by atoms with Crippen molar-refractivity contribution in [3.63, 3.8) is 0 Å². The maximum absolute atomic E-state index is 11.7. The van der Waals surface area contributed by atoms with E-state index in [1.54, 1.807) is 4.90 Å². The van der Waals surface area contributed by atoms with E-state index in [2.05, 4.69) is 5.32 Å². The Morgan fingerprint density at radius 1 is 1.14 bits per heavy atom. The van der Waals surface area contributed by atoms with Gasteiger partial charge in [-0.1, -0.05) is 6.42 Å². The highest BCUT2D eigenvalue weighted by atomic mass is 16.4. The van der Waals surface area contributed by atoms with Gasteiger partial charge in [-0.25, -0.2) is 0 Å². The standard InChI is InChI=1S/C15H28N2O5/c18-9-11-13(20)14(21)12(19)8-17(11)7-2-1-6-16-15(22)10-4-3-5-10/h10-14,18-21H,1-9H2,(H,16,22)/t11-,12+,13-,14-/m1/s1. The summed E-state index contributed by atoms with van der Waals surface area (Å²) in [5.74, 6) is 0.346. The summed E-state index contributed by atoms with van der Waals surface area (Å²) < 4.78 is 0. The molecule has 128 valence electrons. The Kier molecular flexibility index (Phi) is 6.58. The number of β-amino-alcohol motifs (C(OH)–C–C–N with tert-alkyl or cyclic N) is 1. The van der Waals surface area contributed by atoms with Crippen LogP contribution in [0.5, 0.6) is 0 Å². The van der Waals surface area contributed by atoms with Gasteiger partial charge in [0.1, 0.15) is 12.2 Å². The zero-order chi connectivity index (χ0) is 16.1. The van der Waals surface area contributed by atoms with Crippen LogP contribution in [0.15, 0.2) is 0 Å². The molecule has 7 heteroatoms. The molecule has 2 fully saturated rings. The van der Waals surface area contributed by atoms with E-state index < -0.39 is 24.4 Å². The molecule has 7 nitrogen and oxygen atoms in total. The van der Waals surface area contributed by atoms with E-state index in [0.29, 0.717) is 13.1 Å². The summed E-state index contributed by atoms with van der Waals surface area (Å²) in [7, 11) is 0. The van der Waals surface area contributed by atoms with Gasteiger partial charge < -0.3 is 25.7 Å². The second-order valence-corrected chi connectivity index (χ2v) is 6.42. The van der Waals surface area contributed by atoms with Crippen LogP contribution in [0.2, 0.25) is 0 Å². The minimum absolute atomic E-state index is 0.145. The molecule has 0 spiro atoms. The van der Waals surface area contributed by atoms with Crippen LogP contribution < -0.4 is 5.32 Å². The van der Waals surface area contributed by atoms with Crippen LogP contribution in [0.4, 0.5) is 0 Å². The average molecular weight is 316 g/mol. The SMILES string of the molecule is O=C(NCCCCN1C[C@H](O)[C@@H](O)[C@H](O)[C@H]1CO)C1CCC1. The lowest BCUT2D eigenvalue weighted by molar-refractivity contribution is -0.145. The van der Waals surface area contributed by atoms with E-state index in [4.69, 9.17) is 0 Å². The molecule has 5 N–H and O–H groups in total. The zero-order valence-corrected chi connectivity index (χ0v) is 12.9. The van der Waals surface area contributed by atoms with Gasteiger partial charge in [-0.15, -0.1) is 0 Å². The molecule has 0 bridgehead atoms. The van der Waals surface area contributed by atoms with Crippen molar-refractivity contribution < 1.29 is 25.2 Å². The fourth-order valence-corrected chi connectivity index (χ4v) is 3.10. The molecule has 1 saturated carbocycles. The molecule has 1 heterocycles. The van der Waals surface area contributed by atoms with Crippen molar-refractivity contribution in [3.05, 3.63) is 0 Å². The third kappa shape index (κ3) is 4.17.